The van der Waals surface area contributed by atoms with Crippen molar-refractivity contribution in [2.24, 2.45) is 5.10 Å². The van der Waals surface area contributed by atoms with Gasteiger partial charge in [0.25, 0.3) is 17.3 Å². The van der Waals surface area contributed by atoms with E-state index in [9.17, 15) is 25.0 Å². The number of carbonyl (C=O) groups excluding carboxylic acids is 1. The van der Waals surface area contributed by atoms with Crippen LogP contribution in [0.1, 0.15) is 15.9 Å². The molecule has 0 bridgehead atoms. The number of nitro groups is 2. The molecule has 1 N–H and O–H groups in total. The van der Waals surface area contributed by atoms with Crippen LogP contribution in [-0.4, -0.2) is 22.0 Å². The van der Waals surface area contributed by atoms with E-state index >= 15 is 0 Å². The fourth-order valence-corrected chi connectivity index (χ4v) is 3.36. The molecule has 10 heteroatoms. The normalized spacial score (nSPS) is 10.7. The quantitative estimate of drug-likeness (QED) is 0.341. The van der Waals surface area contributed by atoms with Crippen LogP contribution < -0.4 is 5.43 Å². The van der Waals surface area contributed by atoms with Crippen molar-refractivity contribution in [1.29, 1.82) is 0 Å². The number of benzene rings is 3. The van der Waals surface area contributed by atoms with Crippen LogP contribution in [-0.2, 0) is 0 Å². The zero-order valence-corrected chi connectivity index (χ0v) is 16.1. The Hall–Kier alpha value is -4.05. The van der Waals surface area contributed by atoms with Crippen LogP contribution in [0.4, 0.5) is 11.4 Å². The molecule has 0 aliphatic heterocycles. The number of non-ortho nitro benzene ring substituents is 2. The molecule has 0 radical (unpaired) electrons. The number of hydrogen-bond donors (Lipinski definition) is 1. The number of carbonyl (C=O) groups is 1. The van der Waals surface area contributed by atoms with Crippen molar-refractivity contribution in [3.8, 4) is 0 Å². The Morgan fingerprint density at radius 1 is 0.900 bits per heavy atom. The summed E-state index contributed by atoms with van der Waals surface area (Å²) in [6.07, 6.45) is 1.30. The highest BCUT2D eigenvalue weighted by Crippen LogP contribution is 2.31. The standard InChI is InChI=1S/C20H14N4O5S/c25-20(14-5-4-6-16(11-14)23(26)27)22-21-13-15-12-17(24(28)29)9-10-19(15)30-18-7-2-1-3-8-18/h1-13H,(H,22,25)/b21-13+. The third kappa shape index (κ3) is 5.26. The highest BCUT2D eigenvalue weighted by atomic mass is 32.2. The van der Waals surface area contributed by atoms with E-state index in [4.69, 9.17) is 0 Å². The highest BCUT2D eigenvalue weighted by molar-refractivity contribution is 7.99. The topological polar surface area (TPSA) is 128 Å². The van der Waals surface area contributed by atoms with Crippen molar-refractivity contribution < 1.29 is 14.6 Å². The van der Waals surface area contributed by atoms with Crippen LogP contribution in [0.15, 0.2) is 87.7 Å². The van der Waals surface area contributed by atoms with Crippen LogP contribution in [0.25, 0.3) is 0 Å². The summed E-state index contributed by atoms with van der Waals surface area (Å²) in [7, 11) is 0. The summed E-state index contributed by atoms with van der Waals surface area (Å²) in [6, 6.07) is 19.0. The molecule has 0 aliphatic rings. The first-order valence-electron chi connectivity index (χ1n) is 8.53. The first kappa shape index (κ1) is 20.7. The third-order valence-corrected chi connectivity index (χ3v) is 4.96. The molecule has 0 atom stereocenters. The van der Waals surface area contributed by atoms with Crippen molar-refractivity contribution in [3.63, 3.8) is 0 Å². The molecule has 0 saturated carbocycles. The molecule has 0 aliphatic carbocycles. The minimum Gasteiger partial charge on any atom is -0.267 e. The Kier molecular flexibility index (Phi) is 6.50. The van der Waals surface area contributed by atoms with Gasteiger partial charge in [0.2, 0.25) is 0 Å². The molecule has 0 unspecified atom stereocenters. The summed E-state index contributed by atoms with van der Waals surface area (Å²) in [5, 5.41) is 25.8. The maximum atomic E-state index is 12.2. The van der Waals surface area contributed by atoms with Gasteiger partial charge in [-0.1, -0.05) is 36.0 Å². The molecule has 0 spiro atoms. The van der Waals surface area contributed by atoms with Gasteiger partial charge in [0.1, 0.15) is 0 Å². The van der Waals surface area contributed by atoms with Crippen LogP contribution in [0.5, 0.6) is 0 Å². The van der Waals surface area contributed by atoms with Crippen molar-refractivity contribution in [2.45, 2.75) is 9.79 Å². The maximum Gasteiger partial charge on any atom is 0.271 e. The minimum atomic E-state index is -0.641. The van der Waals surface area contributed by atoms with Gasteiger partial charge in [-0.2, -0.15) is 5.10 Å². The summed E-state index contributed by atoms with van der Waals surface area (Å²) in [5.74, 6) is -0.641. The molecule has 150 valence electrons. The Morgan fingerprint density at radius 2 is 1.60 bits per heavy atom. The van der Waals surface area contributed by atoms with Crippen LogP contribution in [0, 0.1) is 20.2 Å². The van der Waals surface area contributed by atoms with Crippen molar-refractivity contribution >= 4 is 35.3 Å². The van der Waals surface area contributed by atoms with E-state index in [0.29, 0.717) is 10.5 Å². The van der Waals surface area contributed by atoms with Gasteiger partial charge in [0.15, 0.2) is 0 Å². The average molecular weight is 422 g/mol. The van der Waals surface area contributed by atoms with E-state index in [2.05, 4.69) is 10.5 Å². The van der Waals surface area contributed by atoms with Crippen molar-refractivity contribution in [3.05, 3.63) is 104 Å². The Balaban J connectivity index is 1.81. The van der Waals surface area contributed by atoms with E-state index in [1.807, 2.05) is 30.3 Å². The number of rotatable bonds is 7. The van der Waals surface area contributed by atoms with E-state index in [1.54, 1.807) is 6.07 Å². The molecule has 30 heavy (non-hydrogen) atoms. The van der Waals surface area contributed by atoms with Crippen LogP contribution in [0.2, 0.25) is 0 Å². The molecule has 1 amide bonds. The monoisotopic (exact) mass is 422 g/mol. The van der Waals surface area contributed by atoms with Gasteiger partial charge in [-0.15, -0.1) is 0 Å². The van der Waals surface area contributed by atoms with E-state index < -0.39 is 15.8 Å². The second-order valence-electron chi connectivity index (χ2n) is 5.90. The van der Waals surface area contributed by atoms with Gasteiger partial charge in [-0.25, -0.2) is 5.43 Å². The first-order chi connectivity index (χ1) is 14.4. The molecular weight excluding hydrogens is 408 g/mol. The summed E-state index contributed by atoms with van der Waals surface area (Å²) in [5.41, 5.74) is 2.46. The summed E-state index contributed by atoms with van der Waals surface area (Å²) < 4.78 is 0. The molecule has 0 fully saturated rings. The number of hydrogen-bond acceptors (Lipinski definition) is 7. The number of hydrazone groups is 1. The number of nitrogens with one attached hydrogen (secondary N) is 1. The third-order valence-electron chi connectivity index (χ3n) is 3.86. The fourth-order valence-electron chi connectivity index (χ4n) is 2.44. The Morgan fingerprint density at radius 3 is 2.30 bits per heavy atom. The second kappa shape index (κ2) is 9.43. The van der Waals surface area contributed by atoms with E-state index in [1.165, 1.54) is 48.3 Å². The van der Waals surface area contributed by atoms with Crippen LogP contribution >= 0.6 is 11.8 Å². The van der Waals surface area contributed by atoms with Gasteiger partial charge >= 0.3 is 0 Å². The minimum absolute atomic E-state index is 0.0688. The SMILES string of the molecule is O=C(N/N=C/c1cc([N+](=O)[O-])ccc1Sc1ccccc1)c1cccc([N+](=O)[O-])c1. The lowest BCUT2D eigenvalue weighted by Gasteiger charge is -2.06. The molecule has 3 rings (SSSR count). The lowest BCUT2D eigenvalue weighted by molar-refractivity contribution is -0.385. The smallest absolute Gasteiger partial charge is 0.267 e. The Bertz CT molecular complexity index is 1140. The van der Waals surface area contributed by atoms with Gasteiger partial charge in [-0.05, 0) is 24.3 Å². The first-order valence-corrected chi connectivity index (χ1v) is 9.35. The highest BCUT2D eigenvalue weighted by Gasteiger charge is 2.12. The molecule has 3 aromatic carbocycles. The van der Waals surface area contributed by atoms with E-state index in [0.717, 1.165) is 11.0 Å². The maximum absolute atomic E-state index is 12.2. The summed E-state index contributed by atoms with van der Waals surface area (Å²) in [4.78, 5) is 34.7. The summed E-state index contributed by atoms with van der Waals surface area (Å²) >= 11 is 1.39. The Labute approximate surface area is 174 Å². The predicted octanol–water partition coefficient (Wildman–Crippen LogP) is 4.42. The predicted molar refractivity (Wildman–Crippen MR) is 112 cm³/mol. The molecule has 3 aromatic rings. The van der Waals surface area contributed by atoms with Crippen molar-refractivity contribution in [1.82, 2.24) is 5.43 Å². The van der Waals surface area contributed by atoms with Gasteiger partial charge < -0.3 is 0 Å². The molecule has 0 saturated heterocycles. The lowest BCUT2D eigenvalue weighted by Crippen LogP contribution is -2.17. The molecular formula is C20H14N4O5S. The molecule has 0 aromatic heterocycles. The largest absolute Gasteiger partial charge is 0.271 e. The summed E-state index contributed by atoms with van der Waals surface area (Å²) in [6.45, 7) is 0. The number of nitrogens with zero attached hydrogens (tertiary/aromatic N) is 3. The zero-order valence-electron chi connectivity index (χ0n) is 15.3. The van der Waals surface area contributed by atoms with Gasteiger partial charge in [-0.3, -0.25) is 25.0 Å². The second-order valence-corrected chi connectivity index (χ2v) is 7.02. The number of nitro benzene ring substituents is 2. The van der Waals surface area contributed by atoms with Crippen LogP contribution in [0.3, 0.4) is 0 Å². The fraction of sp³-hybridized carbons (Fsp3) is 0. The lowest BCUT2D eigenvalue weighted by atomic mass is 10.2. The van der Waals surface area contributed by atoms with Gasteiger partial charge in [0.05, 0.1) is 16.1 Å². The molecule has 0 heterocycles. The van der Waals surface area contributed by atoms with Crippen molar-refractivity contribution in [2.75, 3.05) is 0 Å². The average Bonchev–Trinajstić information content (AvgIpc) is 2.75. The molecule has 9 nitrogen and oxygen atoms in total. The van der Waals surface area contributed by atoms with E-state index in [-0.39, 0.29) is 16.9 Å². The zero-order chi connectivity index (χ0) is 21.5. The van der Waals surface area contributed by atoms with Gasteiger partial charge in [0, 0.05) is 45.2 Å². The number of amides is 1.